The van der Waals surface area contributed by atoms with Crippen molar-refractivity contribution in [3.63, 3.8) is 0 Å². The molecule has 94 valence electrons. The Morgan fingerprint density at radius 2 is 2.12 bits per heavy atom. The smallest absolute Gasteiger partial charge is 0.313 e. The molecule has 0 spiro atoms. The predicted molar refractivity (Wildman–Crippen MR) is 64.0 cm³/mol. The Kier molecular flexibility index (Phi) is 3.99. The number of halogens is 3. The fourth-order valence-corrected chi connectivity index (χ4v) is 2.75. The first kappa shape index (κ1) is 12.8. The molecule has 0 amide bonds. The minimum Gasteiger partial charge on any atom is -0.313 e. The summed E-state index contributed by atoms with van der Waals surface area (Å²) in [4.78, 5) is 0. The average molecular weight is 261 g/mol. The van der Waals surface area contributed by atoms with Crippen LogP contribution in [0.15, 0.2) is 24.3 Å². The maximum Gasteiger partial charge on any atom is 0.416 e. The first-order chi connectivity index (χ1) is 8.05. The molecule has 0 bridgehead atoms. The van der Waals surface area contributed by atoms with Gasteiger partial charge in [0.1, 0.15) is 0 Å². The minimum atomic E-state index is -4.24. The van der Waals surface area contributed by atoms with Crippen LogP contribution >= 0.6 is 11.8 Å². The summed E-state index contributed by atoms with van der Waals surface area (Å²) in [6.07, 6.45) is -3.06. The van der Waals surface area contributed by atoms with Crippen molar-refractivity contribution >= 4 is 11.8 Å². The molecular weight excluding hydrogens is 247 g/mol. The van der Waals surface area contributed by atoms with Crippen molar-refractivity contribution in [1.29, 1.82) is 0 Å². The average Bonchev–Trinajstić information content (AvgIpc) is 2.21. The first-order valence-corrected chi connectivity index (χ1v) is 6.68. The zero-order chi connectivity index (χ0) is 12.3. The zero-order valence-electron chi connectivity index (χ0n) is 9.26. The van der Waals surface area contributed by atoms with Gasteiger partial charge in [-0.1, -0.05) is 18.2 Å². The van der Waals surface area contributed by atoms with Gasteiger partial charge in [0.25, 0.3) is 0 Å². The number of hydrogen-bond acceptors (Lipinski definition) is 2. The highest BCUT2D eigenvalue weighted by Gasteiger charge is 2.30. The van der Waals surface area contributed by atoms with Crippen LogP contribution in [0.25, 0.3) is 0 Å². The molecule has 1 aliphatic rings. The number of rotatable bonds is 4. The summed E-state index contributed by atoms with van der Waals surface area (Å²) in [5.74, 6) is 1.61. The Balaban J connectivity index is 1.87. The molecule has 1 atom stereocenters. The molecule has 1 saturated heterocycles. The predicted octanol–water partition coefficient (Wildman–Crippen LogP) is 3.30. The molecule has 17 heavy (non-hydrogen) atoms. The van der Waals surface area contributed by atoms with Crippen molar-refractivity contribution in [3.05, 3.63) is 35.4 Å². The van der Waals surface area contributed by atoms with Crippen LogP contribution in [0.3, 0.4) is 0 Å². The van der Waals surface area contributed by atoms with Crippen LogP contribution in [-0.2, 0) is 11.9 Å². The number of thioether (sulfide) groups is 1. The summed E-state index contributed by atoms with van der Waals surface area (Å²) < 4.78 is 37.4. The maximum atomic E-state index is 12.5. The largest absolute Gasteiger partial charge is 0.416 e. The second-order valence-electron chi connectivity index (χ2n) is 4.15. The van der Waals surface area contributed by atoms with E-state index in [1.165, 1.54) is 18.6 Å². The van der Waals surface area contributed by atoms with Crippen LogP contribution in [0, 0.1) is 0 Å². The van der Waals surface area contributed by atoms with Crippen LogP contribution < -0.4 is 5.32 Å². The highest BCUT2D eigenvalue weighted by molar-refractivity contribution is 7.98. The quantitative estimate of drug-likeness (QED) is 0.892. The van der Waals surface area contributed by atoms with Gasteiger partial charge in [0, 0.05) is 17.5 Å². The molecule has 5 heteroatoms. The van der Waals surface area contributed by atoms with E-state index in [9.17, 15) is 13.2 Å². The van der Waals surface area contributed by atoms with Crippen LogP contribution in [0.5, 0.6) is 0 Å². The summed E-state index contributed by atoms with van der Waals surface area (Å²) in [7, 11) is 0. The Morgan fingerprint density at radius 3 is 2.71 bits per heavy atom. The van der Waals surface area contributed by atoms with Crippen molar-refractivity contribution in [2.24, 2.45) is 0 Å². The van der Waals surface area contributed by atoms with Gasteiger partial charge in [0.2, 0.25) is 0 Å². The molecule has 0 saturated carbocycles. The van der Waals surface area contributed by atoms with E-state index in [0.29, 0.717) is 11.8 Å². The second-order valence-corrected chi connectivity index (χ2v) is 5.18. The normalized spacial score (nSPS) is 20.1. The molecule has 1 N–H and O–H groups in total. The van der Waals surface area contributed by atoms with Gasteiger partial charge >= 0.3 is 6.18 Å². The van der Waals surface area contributed by atoms with E-state index in [-0.39, 0.29) is 0 Å². The van der Waals surface area contributed by atoms with Gasteiger partial charge in [-0.05, 0) is 24.6 Å². The molecular formula is C12H14F3NS. The zero-order valence-corrected chi connectivity index (χ0v) is 10.1. The highest BCUT2D eigenvalue weighted by atomic mass is 32.2. The minimum absolute atomic E-state index is 0.547. The highest BCUT2D eigenvalue weighted by Crippen LogP contribution is 2.30. The Bertz CT molecular complexity index is 374. The molecule has 1 aromatic carbocycles. The maximum absolute atomic E-state index is 12.5. The molecule has 0 radical (unpaired) electrons. The van der Waals surface area contributed by atoms with E-state index < -0.39 is 11.7 Å². The third-order valence-electron chi connectivity index (χ3n) is 2.77. The van der Waals surface area contributed by atoms with Crippen LogP contribution in [-0.4, -0.2) is 18.3 Å². The van der Waals surface area contributed by atoms with E-state index in [0.717, 1.165) is 23.9 Å². The molecule has 1 unspecified atom stereocenters. The molecule has 1 fully saturated rings. The van der Waals surface area contributed by atoms with Crippen molar-refractivity contribution in [1.82, 2.24) is 5.32 Å². The monoisotopic (exact) mass is 261 g/mol. The summed E-state index contributed by atoms with van der Waals surface area (Å²) in [5, 5.41) is 3.27. The first-order valence-electron chi connectivity index (χ1n) is 5.53. The van der Waals surface area contributed by atoms with Crippen molar-refractivity contribution < 1.29 is 13.2 Å². The fraction of sp³-hybridized carbons (Fsp3) is 0.500. The SMILES string of the molecule is FC(F)(F)c1cccc(CSCC2CCN2)c1. The number of nitrogens with one attached hydrogen (secondary N) is 1. The summed E-state index contributed by atoms with van der Waals surface area (Å²) in [5.41, 5.74) is 0.182. The molecule has 0 aromatic heterocycles. The van der Waals surface area contributed by atoms with E-state index in [1.807, 2.05) is 0 Å². The third kappa shape index (κ3) is 3.64. The molecule has 1 heterocycles. The Labute approximate surface area is 103 Å². The standard InChI is InChI=1S/C12H14F3NS/c13-12(14,15)10-3-1-2-9(6-10)7-17-8-11-4-5-16-11/h1-3,6,11,16H,4-5,7-8H2. The van der Waals surface area contributed by atoms with Crippen molar-refractivity contribution in [2.45, 2.75) is 24.4 Å². The van der Waals surface area contributed by atoms with Gasteiger partial charge in [0.05, 0.1) is 5.56 Å². The van der Waals surface area contributed by atoms with Gasteiger partial charge in [-0.25, -0.2) is 0 Å². The van der Waals surface area contributed by atoms with E-state index in [2.05, 4.69) is 5.32 Å². The lowest BCUT2D eigenvalue weighted by Gasteiger charge is -2.27. The molecule has 1 aromatic rings. The number of benzene rings is 1. The molecule has 0 aliphatic carbocycles. The van der Waals surface area contributed by atoms with E-state index >= 15 is 0 Å². The topological polar surface area (TPSA) is 12.0 Å². The Morgan fingerprint density at radius 1 is 1.35 bits per heavy atom. The number of hydrogen-bond donors (Lipinski definition) is 1. The lowest BCUT2D eigenvalue weighted by molar-refractivity contribution is -0.137. The Hall–Kier alpha value is -0.680. The van der Waals surface area contributed by atoms with Crippen molar-refractivity contribution in [2.75, 3.05) is 12.3 Å². The van der Waals surface area contributed by atoms with E-state index in [1.54, 1.807) is 17.8 Å². The lowest BCUT2D eigenvalue weighted by atomic mass is 10.1. The van der Waals surface area contributed by atoms with Crippen LogP contribution in [0.2, 0.25) is 0 Å². The number of alkyl halides is 3. The molecule has 1 aliphatic heterocycles. The summed E-state index contributed by atoms with van der Waals surface area (Å²) in [6, 6.07) is 6.12. The summed E-state index contributed by atoms with van der Waals surface area (Å²) in [6.45, 7) is 1.06. The molecule has 2 rings (SSSR count). The third-order valence-corrected chi connectivity index (χ3v) is 3.94. The van der Waals surface area contributed by atoms with Gasteiger partial charge in [-0.3, -0.25) is 0 Å². The lowest BCUT2D eigenvalue weighted by Crippen LogP contribution is -2.44. The van der Waals surface area contributed by atoms with Crippen molar-refractivity contribution in [3.8, 4) is 0 Å². The van der Waals surface area contributed by atoms with Gasteiger partial charge in [-0.2, -0.15) is 24.9 Å². The van der Waals surface area contributed by atoms with Gasteiger partial charge in [0.15, 0.2) is 0 Å². The van der Waals surface area contributed by atoms with Gasteiger partial charge < -0.3 is 5.32 Å². The summed E-state index contributed by atoms with van der Waals surface area (Å²) >= 11 is 1.68. The fourth-order valence-electron chi connectivity index (χ4n) is 1.65. The van der Waals surface area contributed by atoms with Crippen LogP contribution in [0.4, 0.5) is 13.2 Å². The van der Waals surface area contributed by atoms with E-state index in [4.69, 9.17) is 0 Å². The van der Waals surface area contributed by atoms with Crippen LogP contribution in [0.1, 0.15) is 17.5 Å². The molecule has 1 nitrogen and oxygen atoms in total. The van der Waals surface area contributed by atoms with Gasteiger partial charge in [-0.15, -0.1) is 0 Å². The second kappa shape index (κ2) is 5.31.